The summed E-state index contributed by atoms with van der Waals surface area (Å²) < 4.78 is 0. The Balaban J connectivity index is 2.40. The SMILES string of the molecule is CC(CN)CC(=O)N1CCC(C)C(O)C1. The van der Waals surface area contributed by atoms with Crippen molar-refractivity contribution >= 4 is 5.91 Å². The number of rotatable bonds is 3. The highest BCUT2D eigenvalue weighted by molar-refractivity contribution is 5.76. The summed E-state index contributed by atoms with van der Waals surface area (Å²) >= 11 is 0. The van der Waals surface area contributed by atoms with Gasteiger partial charge in [0.1, 0.15) is 0 Å². The second-order valence-electron chi connectivity index (χ2n) is 4.72. The molecule has 1 fully saturated rings. The van der Waals surface area contributed by atoms with Crippen LogP contribution in [0.25, 0.3) is 0 Å². The molecule has 0 spiro atoms. The number of carbonyl (C=O) groups excluding carboxylic acids is 1. The molecular formula is C11H22N2O2. The normalized spacial score (nSPS) is 28.9. The van der Waals surface area contributed by atoms with Gasteiger partial charge in [-0.3, -0.25) is 4.79 Å². The van der Waals surface area contributed by atoms with Crippen molar-refractivity contribution in [2.75, 3.05) is 19.6 Å². The van der Waals surface area contributed by atoms with Crippen LogP contribution >= 0.6 is 0 Å². The first kappa shape index (κ1) is 12.5. The number of piperidine rings is 1. The van der Waals surface area contributed by atoms with E-state index in [0.717, 1.165) is 13.0 Å². The van der Waals surface area contributed by atoms with E-state index in [1.54, 1.807) is 4.90 Å². The van der Waals surface area contributed by atoms with Gasteiger partial charge in [0.25, 0.3) is 0 Å². The molecule has 15 heavy (non-hydrogen) atoms. The Morgan fingerprint density at radius 2 is 2.33 bits per heavy atom. The predicted octanol–water partition coefficient (Wildman–Crippen LogP) is 0.201. The number of hydrogen-bond donors (Lipinski definition) is 2. The van der Waals surface area contributed by atoms with E-state index in [1.807, 2.05) is 13.8 Å². The van der Waals surface area contributed by atoms with Crippen LogP contribution in [0.4, 0.5) is 0 Å². The Hall–Kier alpha value is -0.610. The highest BCUT2D eigenvalue weighted by Gasteiger charge is 2.27. The third-order valence-electron chi connectivity index (χ3n) is 3.20. The molecule has 0 aromatic carbocycles. The van der Waals surface area contributed by atoms with Gasteiger partial charge >= 0.3 is 0 Å². The Morgan fingerprint density at radius 1 is 1.67 bits per heavy atom. The average Bonchev–Trinajstić information content (AvgIpc) is 2.21. The van der Waals surface area contributed by atoms with Crippen molar-refractivity contribution in [1.82, 2.24) is 4.90 Å². The lowest BCUT2D eigenvalue weighted by Gasteiger charge is -2.34. The van der Waals surface area contributed by atoms with E-state index >= 15 is 0 Å². The van der Waals surface area contributed by atoms with E-state index < -0.39 is 0 Å². The molecule has 1 saturated heterocycles. The van der Waals surface area contributed by atoms with Gasteiger partial charge in [-0.1, -0.05) is 13.8 Å². The summed E-state index contributed by atoms with van der Waals surface area (Å²) in [6.07, 6.45) is 1.03. The summed E-state index contributed by atoms with van der Waals surface area (Å²) in [5.41, 5.74) is 5.48. The standard InChI is InChI=1S/C11H22N2O2/c1-8(6-12)5-11(15)13-4-3-9(2)10(14)7-13/h8-10,14H,3-7,12H2,1-2H3. The zero-order valence-corrected chi connectivity index (χ0v) is 9.65. The monoisotopic (exact) mass is 214 g/mol. The molecule has 1 rings (SSSR count). The molecule has 1 aliphatic heterocycles. The van der Waals surface area contributed by atoms with Gasteiger partial charge in [-0.15, -0.1) is 0 Å². The van der Waals surface area contributed by atoms with Gasteiger partial charge in [0.15, 0.2) is 0 Å². The molecule has 4 heteroatoms. The zero-order chi connectivity index (χ0) is 11.4. The highest BCUT2D eigenvalue weighted by Crippen LogP contribution is 2.18. The van der Waals surface area contributed by atoms with Crippen LogP contribution in [0.3, 0.4) is 0 Å². The molecule has 3 atom stereocenters. The first-order valence-electron chi connectivity index (χ1n) is 5.70. The maximum atomic E-state index is 11.8. The summed E-state index contributed by atoms with van der Waals surface area (Å²) in [4.78, 5) is 13.5. The van der Waals surface area contributed by atoms with E-state index in [0.29, 0.717) is 25.4 Å². The maximum absolute atomic E-state index is 11.8. The predicted molar refractivity (Wildman–Crippen MR) is 59.2 cm³/mol. The minimum absolute atomic E-state index is 0.124. The van der Waals surface area contributed by atoms with Crippen LogP contribution < -0.4 is 5.73 Å². The van der Waals surface area contributed by atoms with E-state index in [2.05, 4.69) is 0 Å². The van der Waals surface area contributed by atoms with Crippen LogP contribution in [0.15, 0.2) is 0 Å². The van der Waals surface area contributed by atoms with Crippen molar-refractivity contribution in [2.45, 2.75) is 32.8 Å². The van der Waals surface area contributed by atoms with Gasteiger partial charge in [-0.2, -0.15) is 0 Å². The summed E-state index contributed by atoms with van der Waals surface area (Å²) in [7, 11) is 0. The number of amides is 1. The van der Waals surface area contributed by atoms with E-state index in [9.17, 15) is 9.90 Å². The number of hydrogen-bond acceptors (Lipinski definition) is 3. The summed E-state index contributed by atoms with van der Waals surface area (Å²) in [6.45, 7) is 5.79. The number of aliphatic hydroxyl groups excluding tert-OH is 1. The number of likely N-dealkylation sites (tertiary alicyclic amines) is 1. The third-order valence-corrected chi connectivity index (χ3v) is 3.20. The molecule has 1 aliphatic rings. The number of aliphatic hydroxyl groups is 1. The second kappa shape index (κ2) is 5.47. The van der Waals surface area contributed by atoms with Crippen LogP contribution in [-0.4, -0.2) is 41.7 Å². The van der Waals surface area contributed by atoms with Crippen molar-refractivity contribution in [3.63, 3.8) is 0 Å². The molecule has 3 unspecified atom stereocenters. The van der Waals surface area contributed by atoms with Gasteiger partial charge in [0.2, 0.25) is 5.91 Å². The van der Waals surface area contributed by atoms with Gasteiger partial charge < -0.3 is 15.7 Å². The first-order valence-corrected chi connectivity index (χ1v) is 5.70. The highest BCUT2D eigenvalue weighted by atomic mass is 16.3. The minimum Gasteiger partial charge on any atom is -0.391 e. The molecule has 1 amide bonds. The summed E-state index contributed by atoms with van der Waals surface area (Å²) in [5.74, 6) is 0.661. The van der Waals surface area contributed by atoms with E-state index in [4.69, 9.17) is 5.73 Å². The second-order valence-corrected chi connectivity index (χ2v) is 4.72. The number of nitrogens with two attached hydrogens (primary N) is 1. The Bertz CT molecular complexity index is 221. The Kier molecular flexibility index (Phi) is 4.54. The quantitative estimate of drug-likeness (QED) is 0.705. The minimum atomic E-state index is -0.365. The molecule has 3 N–H and O–H groups in total. The smallest absolute Gasteiger partial charge is 0.222 e. The topological polar surface area (TPSA) is 66.6 Å². The molecule has 0 aromatic rings. The fraction of sp³-hybridized carbons (Fsp3) is 0.909. The van der Waals surface area contributed by atoms with E-state index in [-0.39, 0.29) is 17.9 Å². The third kappa shape index (κ3) is 3.47. The molecular weight excluding hydrogens is 192 g/mol. The van der Waals surface area contributed by atoms with Crippen LogP contribution in [0.5, 0.6) is 0 Å². The largest absolute Gasteiger partial charge is 0.391 e. The van der Waals surface area contributed by atoms with Crippen molar-refractivity contribution in [2.24, 2.45) is 17.6 Å². The lowest BCUT2D eigenvalue weighted by atomic mass is 9.95. The van der Waals surface area contributed by atoms with Gasteiger partial charge in [-0.05, 0) is 24.8 Å². The molecule has 0 saturated carbocycles. The molecule has 0 radical (unpaired) electrons. The Labute approximate surface area is 91.4 Å². The van der Waals surface area contributed by atoms with Crippen molar-refractivity contribution in [3.05, 3.63) is 0 Å². The van der Waals surface area contributed by atoms with Gasteiger partial charge in [-0.25, -0.2) is 0 Å². The molecule has 4 nitrogen and oxygen atoms in total. The number of carbonyl (C=O) groups is 1. The van der Waals surface area contributed by atoms with Gasteiger partial charge in [0, 0.05) is 19.5 Å². The van der Waals surface area contributed by atoms with Crippen molar-refractivity contribution in [3.8, 4) is 0 Å². The fourth-order valence-corrected chi connectivity index (χ4v) is 1.79. The molecule has 88 valence electrons. The van der Waals surface area contributed by atoms with Crippen molar-refractivity contribution < 1.29 is 9.90 Å². The fourth-order valence-electron chi connectivity index (χ4n) is 1.79. The first-order chi connectivity index (χ1) is 7.04. The van der Waals surface area contributed by atoms with Crippen LogP contribution in [-0.2, 0) is 4.79 Å². The van der Waals surface area contributed by atoms with Crippen LogP contribution in [0.1, 0.15) is 26.7 Å². The van der Waals surface area contributed by atoms with Gasteiger partial charge in [0.05, 0.1) is 6.10 Å². The zero-order valence-electron chi connectivity index (χ0n) is 9.65. The van der Waals surface area contributed by atoms with Crippen LogP contribution in [0.2, 0.25) is 0 Å². The molecule has 1 heterocycles. The van der Waals surface area contributed by atoms with Crippen molar-refractivity contribution in [1.29, 1.82) is 0 Å². The number of nitrogens with zero attached hydrogens (tertiary/aromatic N) is 1. The van der Waals surface area contributed by atoms with Crippen LogP contribution in [0, 0.1) is 11.8 Å². The summed E-state index contributed by atoms with van der Waals surface area (Å²) in [5, 5.41) is 9.67. The molecule has 0 bridgehead atoms. The lowest BCUT2D eigenvalue weighted by Crippen LogP contribution is -2.46. The Morgan fingerprint density at radius 3 is 2.87 bits per heavy atom. The average molecular weight is 214 g/mol. The van der Waals surface area contributed by atoms with E-state index in [1.165, 1.54) is 0 Å². The maximum Gasteiger partial charge on any atom is 0.222 e. The molecule has 0 aromatic heterocycles. The summed E-state index contributed by atoms with van der Waals surface area (Å²) in [6, 6.07) is 0. The molecule has 0 aliphatic carbocycles. The lowest BCUT2D eigenvalue weighted by molar-refractivity contribution is -0.136. The number of β-amino-alcohol motifs (C(OH)–C–C–N with tert-alkyl or cyclic N) is 1.